The number of aromatic nitrogens is 1. The van der Waals surface area contributed by atoms with Gasteiger partial charge in [0, 0.05) is 16.0 Å². The molecular weight excluding hydrogens is 331 g/mol. The second-order valence-electron chi connectivity index (χ2n) is 4.54. The summed E-state index contributed by atoms with van der Waals surface area (Å²) in [5, 5.41) is 5.57. The predicted octanol–water partition coefficient (Wildman–Crippen LogP) is 3.71. The van der Waals surface area contributed by atoms with Crippen molar-refractivity contribution < 1.29 is 9.18 Å². The van der Waals surface area contributed by atoms with Crippen LogP contribution in [0.2, 0.25) is 0 Å². The third kappa shape index (κ3) is 3.19. The smallest absolute Gasteiger partial charge is 0.253 e. The fraction of sp³-hybridized carbons (Fsp3) is 0.231. The van der Waals surface area contributed by atoms with E-state index in [9.17, 15) is 9.18 Å². The molecule has 3 nitrogen and oxygen atoms in total. The number of carbonyl (C=O) groups excluding carboxylic acids is 1. The summed E-state index contributed by atoms with van der Waals surface area (Å²) in [4.78, 5) is 16.4. The Balaban J connectivity index is 2.21. The lowest BCUT2D eigenvalue weighted by atomic mass is 10.1. The van der Waals surface area contributed by atoms with E-state index in [0.717, 1.165) is 5.01 Å². The molecule has 0 bridgehead atoms. The second-order valence-corrected chi connectivity index (χ2v) is 6.29. The largest absolute Gasteiger partial charge is 0.341 e. The Labute approximate surface area is 123 Å². The van der Waals surface area contributed by atoms with E-state index in [4.69, 9.17) is 0 Å². The van der Waals surface area contributed by atoms with E-state index in [1.807, 2.05) is 19.2 Å². The standard InChI is InChI=1S/C13H12BrFN2OS/c1-13(2,12-16-5-6-19-12)17-11(18)9-4-3-8(15)7-10(9)14/h3-7H,1-2H3,(H,17,18). The molecule has 2 rings (SSSR count). The summed E-state index contributed by atoms with van der Waals surface area (Å²) < 4.78 is 13.4. The zero-order valence-corrected chi connectivity index (χ0v) is 12.8. The van der Waals surface area contributed by atoms with Gasteiger partial charge in [-0.15, -0.1) is 11.3 Å². The molecule has 0 aliphatic carbocycles. The van der Waals surface area contributed by atoms with Crippen molar-refractivity contribution >= 4 is 33.2 Å². The maximum absolute atomic E-state index is 13.0. The lowest BCUT2D eigenvalue weighted by Gasteiger charge is -2.24. The van der Waals surface area contributed by atoms with Crippen LogP contribution < -0.4 is 5.32 Å². The van der Waals surface area contributed by atoms with Crippen molar-refractivity contribution in [3.63, 3.8) is 0 Å². The summed E-state index contributed by atoms with van der Waals surface area (Å²) in [6.45, 7) is 3.75. The third-order valence-electron chi connectivity index (χ3n) is 2.57. The summed E-state index contributed by atoms with van der Waals surface area (Å²) >= 11 is 4.67. The van der Waals surface area contributed by atoms with Gasteiger partial charge in [-0.25, -0.2) is 9.37 Å². The highest BCUT2D eigenvalue weighted by atomic mass is 79.9. The quantitative estimate of drug-likeness (QED) is 0.923. The lowest BCUT2D eigenvalue weighted by Crippen LogP contribution is -2.41. The van der Waals surface area contributed by atoms with E-state index < -0.39 is 5.54 Å². The van der Waals surface area contributed by atoms with Gasteiger partial charge in [0.15, 0.2) is 0 Å². The molecule has 0 saturated carbocycles. The highest BCUT2D eigenvalue weighted by Crippen LogP contribution is 2.24. The fourth-order valence-corrected chi connectivity index (χ4v) is 2.86. The molecule has 0 fully saturated rings. The fourth-order valence-electron chi connectivity index (χ4n) is 1.61. The molecule has 0 aliphatic rings. The van der Waals surface area contributed by atoms with E-state index in [2.05, 4.69) is 26.2 Å². The van der Waals surface area contributed by atoms with Crippen molar-refractivity contribution in [2.75, 3.05) is 0 Å². The number of thiazole rings is 1. The topological polar surface area (TPSA) is 42.0 Å². The Morgan fingerprint density at radius 3 is 2.79 bits per heavy atom. The molecule has 100 valence electrons. The summed E-state index contributed by atoms with van der Waals surface area (Å²) in [7, 11) is 0. The van der Waals surface area contributed by atoms with Crippen LogP contribution >= 0.6 is 27.3 Å². The Morgan fingerprint density at radius 2 is 2.21 bits per heavy atom. The predicted molar refractivity (Wildman–Crippen MR) is 76.7 cm³/mol. The van der Waals surface area contributed by atoms with Crippen LogP contribution in [0.4, 0.5) is 4.39 Å². The maximum atomic E-state index is 13.0. The highest BCUT2D eigenvalue weighted by molar-refractivity contribution is 9.10. The van der Waals surface area contributed by atoms with Crippen LogP contribution in [0.25, 0.3) is 0 Å². The summed E-state index contributed by atoms with van der Waals surface area (Å²) in [5.41, 5.74) is -0.176. The van der Waals surface area contributed by atoms with Gasteiger partial charge in [0.05, 0.1) is 11.1 Å². The highest BCUT2D eigenvalue weighted by Gasteiger charge is 2.26. The van der Waals surface area contributed by atoms with Crippen molar-refractivity contribution in [1.82, 2.24) is 10.3 Å². The second kappa shape index (κ2) is 5.38. The molecule has 1 heterocycles. The first kappa shape index (κ1) is 14.1. The molecule has 1 amide bonds. The Kier molecular flexibility index (Phi) is 4.01. The average Bonchev–Trinajstić information content (AvgIpc) is 2.81. The van der Waals surface area contributed by atoms with Crippen molar-refractivity contribution in [2.45, 2.75) is 19.4 Å². The van der Waals surface area contributed by atoms with Gasteiger partial charge in [-0.2, -0.15) is 0 Å². The number of amides is 1. The zero-order valence-electron chi connectivity index (χ0n) is 10.4. The van der Waals surface area contributed by atoms with Crippen LogP contribution in [0.5, 0.6) is 0 Å². The van der Waals surface area contributed by atoms with Crippen LogP contribution in [-0.2, 0) is 5.54 Å². The van der Waals surface area contributed by atoms with Crippen LogP contribution in [0.15, 0.2) is 34.2 Å². The molecule has 19 heavy (non-hydrogen) atoms. The lowest BCUT2D eigenvalue weighted by molar-refractivity contribution is 0.0911. The van der Waals surface area contributed by atoms with Crippen molar-refractivity contribution in [2.24, 2.45) is 0 Å². The first-order valence-electron chi connectivity index (χ1n) is 5.58. The minimum Gasteiger partial charge on any atom is -0.341 e. The zero-order chi connectivity index (χ0) is 14.0. The normalized spacial score (nSPS) is 11.4. The molecule has 1 aromatic carbocycles. The van der Waals surface area contributed by atoms with Gasteiger partial charge in [-0.3, -0.25) is 4.79 Å². The molecule has 1 aromatic heterocycles. The van der Waals surface area contributed by atoms with Gasteiger partial charge < -0.3 is 5.32 Å². The van der Waals surface area contributed by atoms with Gasteiger partial charge in [0.2, 0.25) is 0 Å². The Bertz CT molecular complexity index is 599. The van der Waals surface area contributed by atoms with Gasteiger partial charge in [-0.1, -0.05) is 0 Å². The average molecular weight is 343 g/mol. The number of nitrogens with one attached hydrogen (secondary N) is 1. The van der Waals surface area contributed by atoms with Gasteiger partial charge >= 0.3 is 0 Å². The molecule has 0 unspecified atom stereocenters. The SMILES string of the molecule is CC(C)(NC(=O)c1ccc(F)cc1Br)c1nccs1. The maximum Gasteiger partial charge on any atom is 0.253 e. The third-order valence-corrected chi connectivity index (χ3v) is 4.32. The number of carbonyl (C=O) groups is 1. The summed E-state index contributed by atoms with van der Waals surface area (Å²) in [6.07, 6.45) is 1.70. The van der Waals surface area contributed by atoms with E-state index in [1.165, 1.54) is 29.5 Å². The van der Waals surface area contributed by atoms with Crippen LogP contribution in [0, 0.1) is 5.82 Å². The minimum absolute atomic E-state index is 0.271. The number of hydrogen-bond donors (Lipinski definition) is 1. The number of nitrogens with zero attached hydrogens (tertiary/aromatic N) is 1. The first-order valence-corrected chi connectivity index (χ1v) is 7.25. The van der Waals surface area contributed by atoms with Gasteiger partial charge in [0.25, 0.3) is 5.91 Å². The first-order chi connectivity index (χ1) is 8.90. The molecule has 0 saturated heterocycles. The molecule has 0 atom stereocenters. The number of benzene rings is 1. The number of hydrogen-bond acceptors (Lipinski definition) is 3. The molecule has 0 spiro atoms. The summed E-state index contributed by atoms with van der Waals surface area (Å²) in [5.74, 6) is -0.658. The van der Waals surface area contributed by atoms with E-state index in [1.54, 1.807) is 6.20 Å². The Hall–Kier alpha value is -1.27. The van der Waals surface area contributed by atoms with Gasteiger partial charge in [-0.05, 0) is 48.0 Å². The molecule has 2 aromatic rings. The van der Waals surface area contributed by atoms with E-state index in [-0.39, 0.29) is 11.7 Å². The molecule has 6 heteroatoms. The van der Waals surface area contributed by atoms with Gasteiger partial charge in [0.1, 0.15) is 10.8 Å². The molecule has 0 radical (unpaired) electrons. The molecular formula is C13H12BrFN2OS. The monoisotopic (exact) mass is 342 g/mol. The van der Waals surface area contributed by atoms with E-state index in [0.29, 0.717) is 10.0 Å². The van der Waals surface area contributed by atoms with Crippen molar-refractivity contribution in [3.8, 4) is 0 Å². The van der Waals surface area contributed by atoms with Crippen molar-refractivity contribution in [1.29, 1.82) is 0 Å². The Morgan fingerprint density at radius 1 is 1.47 bits per heavy atom. The van der Waals surface area contributed by atoms with E-state index >= 15 is 0 Å². The van der Waals surface area contributed by atoms with Crippen LogP contribution in [0.3, 0.4) is 0 Å². The molecule has 0 aliphatic heterocycles. The minimum atomic E-state index is -0.570. The van der Waals surface area contributed by atoms with Crippen molar-refractivity contribution in [3.05, 3.63) is 50.6 Å². The van der Waals surface area contributed by atoms with Crippen LogP contribution in [-0.4, -0.2) is 10.9 Å². The molecule has 1 N–H and O–H groups in total. The number of rotatable bonds is 3. The van der Waals surface area contributed by atoms with Crippen LogP contribution in [0.1, 0.15) is 29.2 Å². The number of halogens is 2. The summed E-state index contributed by atoms with van der Waals surface area (Å²) in [6, 6.07) is 3.98.